The van der Waals surface area contributed by atoms with Crippen molar-refractivity contribution in [3.8, 4) is 22.3 Å². The molecule has 0 aliphatic carbocycles. The van der Waals surface area contributed by atoms with E-state index in [4.69, 9.17) is 138 Å². The molecule has 0 aliphatic rings. The van der Waals surface area contributed by atoms with E-state index >= 15 is 0 Å². The Balaban J connectivity index is 0.000000191. The van der Waals surface area contributed by atoms with Gasteiger partial charge >= 0.3 is 0 Å². The summed E-state index contributed by atoms with van der Waals surface area (Å²) in [5.41, 5.74) is 96.0. The van der Waals surface area contributed by atoms with Crippen LogP contribution in [-0.2, 0) is 0 Å². The number of amides is 1. The number of nitrogens with two attached hydrogens (primary N) is 14. The molecule has 0 aromatic heterocycles. The zero-order valence-corrected chi connectivity index (χ0v) is 52.8. The van der Waals surface area contributed by atoms with E-state index in [-0.39, 0.29) is 5.91 Å². The number of aryl methyl sites for hydroxylation is 3. The van der Waals surface area contributed by atoms with Gasteiger partial charge in [0.1, 0.15) is 0 Å². The van der Waals surface area contributed by atoms with E-state index in [1.807, 2.05) is 130 Å². The smallest absolute Gasteiger partial charge is 0.255 e. The molecule has 21 heteroatoms. The Kier molecular flexibility index (Phi) is 25.8. The van der Waals surface area contributed by atoms with Gasteiger partial charge in [0.15, 0.2) is 0 Å². The fourth-order valence-corrected chi connectivity index (χ4v) is 8.87. The fraction of sp³-hybridized carbons (Fsp3) is 0.0441. The van der Waals surface area contributed by atoms with Crippen LogP contribution in [0.1, 0.15) is 27.0 Å². The molecule has 0 aliphatic heterocycles. The number of nitrogen functional groups attached to an aromatic ring is 14. The van der Waals surface area contributed by atoms with E-state index in [9.17, 15) is 4.79 Å². The third-order valence-corrected chi connectivity index (χ3v) is 14.5. The molecule has 0 heterocycles. The summed E-state index contributed by atoms with van der Waals surface area (Å²) >= 11 is 29.1. The number of fused-ring (bicyclic) bond motifs is 1. The summed E-state index contributed by atoms with van der Waals surface area (Å²) in [6.45, 7) is 5.79. The number of anilines is 15. The van der Waals surface area contributed by atoms with E-state index in [0.29, 0.717) is 81.9 Å². The van der Waals surface area contributed by atoms with Crippen LogP contribution in [0.2, 0.25) is 25.1 Å². The fourth-order valence-electron chi connectivity index (χ4n) is 7.77. The number of hydrogen-bond acceptors (Lipinski definition) is 15. The Morgan fingerprint density at radius 2 is 0.584 bits per heavy atom. The first-order valence-corrected chi connectivity index (χ1v) is 28.8. The third kappa shape index (κ3) is 21.6. The average Bonchev–Trinajstić information content (AvgIpc) is 3.70. The molecule has 0 unspecified atom stereocenters. The van der Waals surface area contributed by atoms with Gasteiger partial charge in [0, 0.05) is 95.7 Å². The highest BCUT2D eigenvalue weighted by atomic mass is 35.5. The third-order valence-electron chi connectivity index (χ3n) is 12.9. The first kappa shape index (κ1) is 69.6. The summed E-state index contributed by atoms with van der Waals surface area (Å²) in [7, 11) is 0. The van der Waals surface area contributed by atoms with Crippen molar-refractivity contribution in [3.63, 3.8) is 0 Å². The maximum atomic E-state index is 11.8. The highest BCUT2D eigenvalue weighted by Crippen LogP contribution is 2.36. The van der Waals surface area contributed by atoms with Crippen LogP contribution in [0, 0.1) is 20.8 Å². The number of carbonyl (C=O) groups is 1. The van der Waals surface area contributed by atoms with Crippen molar-refractivity contribution < 1.29 is 4.79 Å². The van der Waals surface area contributed by atoms with Crippen molar-refractivity contribution in [1.29, 1.82) is 0 Å². The molecule has 11 aromatic carbocycles. The van der Waals surface area contributed by atoms with Gasteiger partial charge in [0.2, 0.25) is 0 Å². The number of carbonyl (C=O) groups excluding carboxylic acids is 1. The Morgan fingerprint density at radius 1 is 0.292 bits per heavy atom. The van der Waals surface area contributed by atoms with Gasteiger partial charge in [-0.3, -0.25) is 4.79 Å². The molecule has 29 N–H and O–H groups in total. The predicted molar refractivity (Wildman–Crippen MR) is 389 cm³/mol. The van der Waals surface area contributed by atoms with Gasteiger partial charge in [-0.1, -0.05) is 119 Å². The van der Waals surface area contributed by atoms with Gasteiger partial charge in [0.05, 0.1) is 42.2 Å². The molecule has 0 spiro atoms. The van der Waals surface area contributed by atoms with Crippen molar-refractivity contribution >= 4 is 160 Å². The number of benzene rings is 11. The van der Waals surface area contributed by atoms with Crippen LogP contribution in [0.5, 0.6) is 0 Å². The minimum absolute atomic E-state index is 0.172. The SMILES string of the molecule is Cc1cc(N)c(C)cc1N.Cc1cc(N)c(Cl)cc1N.Nc1cc(Cl)c(N)cc1Cl.Nc1ccc(-c2ccc(N)cc2)cc1.Nc1ccc(-c2ccc(N)cc2Cl)c(Cl)c1.Nc1ccc(NC(=O)c2ccc(N)cc2)cc1.Nc1cccc2c(N)cccc12. The van der Waals surface area contributed by atoms with Crippen LogP contribution in [0.3, 0.4) is 0 Å². The minimum atomic E-state index is -0.172. The Bertz CT molecular complexity index is 3740. The second kappa shape index (κ2) is 33.1. The van der Waals surface area contributed by atoms with E-state index in [0.717, 1.165) is 83.8 Å². The van der Waals surface area contributed by atoms with Crippen molar-refractivity contribution in [1.82, 2.24) is 0 Å². The standard InChI is InChI=1S/C13H13N3O.C12H10Cl2N2.C12H12N2.C10H10N2.C8H12N2.C7H9ClN2.C6H6Cl2N2/c14-10-3-1-9(2-4-10)13(17)16-12-7-5-11(15)6-8-12;13-11-5-7(15)1-3-9(11)10-4-2-8(16)6-12(10)14;13-11-5-1-9(2-6-11)10-3-7-12(14)8-4-10;11-9-5-1-3-7-8(9)4-2-6-10(7)12;1-5-3-8(10)6(2)4-7(5)9;1-4-2-7(10)5(8)3-6(4)9;7-3-1-5(9)4(8)2-6(3)10/h1-8H,14-15H2,(H,16,17);1-6H,15-16H2;1-8H,13-14H2;1-6H,11-12H2;3-4H,9-10H2,1-2H3;2-3H,9-10H2,1H3;1-2H,9-10H2. The van der Waals surface area contributed by atoms with Crippen LogP contribution in [0.15, 0.2) is 206 Å². The van der Waals surface area contributed by atoms with Gasteiger partial charge < -0.3 is 85.6 Å². The monoisotopic (exact) mass is 1290 g/mol. The van der Waals surface area contributed by atoms with Crippen LogP contribution in [0.4, 0.5) is 85.3 Å². The van der Waals surface area contributed by atoms with Gasteiger partial charge in [-0.2, -0.15) is 0 Å². The zero-order chi connectivity index (χ0) is 65.6. The normalized spacial score (nSPS) is 10.0. The van der Waals surface area contributed by atoms with E-state index in [1.165, 1.54) is 12.1 Å². The lowest BCUT2D eigenvalue weighted by Crippen LogP contribution is -2.11. The maximum absolute atomic E-state index is 11.8. The van der Waals surface area contributed by atoms with E-state index < -0.39 is 0 Å². The summed E-state index contributed by atoms with van der Waals surface area (Å²) in [4.78, 5) is 11.8. The van der Waals surface area contributed by atoms with E-state index in [1.54, 1.807) is 84.9 Å². The molecular weight excluding hydrogens is 1220 g/mol. The molecule has 0 saturated heterocycles. The number of rotatable bonds is 4. The van der Waals surface area contributed by atoms with Crippen LogP contribution < -0.4 is 85.6 Å². The molecule has 0 fully saturated rings. The van der Waals surface area contributed by atoms with Crippen LogP contribution >= 0.6 is 58.0 Å². The lowest BCUT2D eigenvalue weighted by Gasteiger charge is -2.08. The molecule has 0 bridgehead atoms. The molecule has 0 atom stereocenters. The van der Waals surface area contributed by atoms with Gasteiger partial charge in [-0.05, 0) is 194 Å². The molecule has 11 aromatic rings. The second-order valence-electron chi connectivity index (χ2n) is 19.9. The van der Waals surface area contributed by atoms with Crippen molar-refractivity contribution in [2.45, 2.75) is 20.8 Å². The summed E-state index contributed by atoms with van der Waals surface area (Å²) in [6.07, 6.45) is 0. The van der Waals surface area contributed by atoms with E-state index in [2.05, 4.69) is 5.32 Å². The molecule has 16 nitrogen and oxygen atoms in total. The number of halogens is 5. The summed E-state index contributed by atoms with van der Waals surface area (Å²) in [5.74, 6) is -0.172. The lowest BCUT2D eigenvalue weighted by atomic mass is 10.0. The van der Waals surface area contributed by atoms with Gasteiger partial charge in [0.25, 0.3) is 5.91 Å². The highest BCUT2D eigenvalue weighted by molar-refractivity contribution is 6.37. The Labute approximate surface area is 543 Å². The van der Waals surface area contributed by atoms with Gasteiger partial charge in [-0.15, -0.1) is 0 Å². The first-order valence-electron chi connectivity index (χ1n) is 26.9. The molecule has 89 heavy (non-hydrogen) atoms. The quantitative estimate of drug-likeness (QED) is 0.0728. The zero-order valence-electron chi connectivity index (χ0n) is 49.0. The Hall–Kier alpha value is -10.2. The van der Waals surface area contributed by atoms with Crippen molar-refractivity contribution in [3.05, 3.63) is 254 Å². The largest absolute Gasteiger partial charge is 0.399 e. The molecule has 0 radical (unpaired) electrons. The average molecular weight is 1290 g/mol. The molecule has 460 valence electrons. The summed E-state index contributed by atoms with van der Waals surface area (Å²) in [5, 5.41) is 7.35. The molecule has 0 saturated carbocycles. The van der Waals surface area contributed by atoms with Crippen molar-refractivity contribution in [2.75, 3.05) is 85.6 Å². The molecular formula is C68H72Cl5N15O. The molecule has 11 rings (SSSR count). The second-order valence-corrected chi connectivity index (χ2v) is 21.9. The van der Waals surface area contributed by atoms with Crippen LogP contribution in [-0.4, -0.2) is 5.91 Å². The Morgan fingerprint density at radius 3 is 0.933 bits per heavy atom. The summed E-state index contributed by atoms with van der Waals surface area (Å²) < 4.78 is 0. The maximum Gasteiger partial charge on any atom is 0.255 e. The van der Waals surface area contributed by atoms with Crippen molar-refractivity contribution in [2.24, 2.45) is 0 Å². The molecule has 1 amide bonds. The minimum Gasteiger partial charge on any atom is -0.399 e. The number of hydrogen-bond donors (Lipinski definition) is 15. The lowest BCUT2D eigenvalue weighted by molar-refractivity contribution is 0.102. The first-order chi connectivity index (χ1) is 42.1. The predicted octanol–water partition coefficient (Wildman–Crippen LogP) is 15.9. The summed E-state index contributed by atoms with van der Waals surface area (Å²) in [6, 6.07) is 61.7. The van der Waals surface area contributed by atoms with Crippen LogP contribution in [0.25, 0.3) is 33.0 Å². The van der Waals surface area contributed by atoms with Gasteiger partial charge in [-0.25, -0.2) is 0 Å². The topological polar surface area (TPSA) is 393 Å². The highest BCUT2D eigenvalue weighted by Gasteiger charge is 2.09. The number of nitrogens with one attached hydrogen (secondary N) is 1.